The van der Waals surface area contributed by atoms with E-state index in [9.17, 15) is 4.79 Å². The molecule has 1 aromatic carbocycles. The fourth-order valence-electron chi connectivity index (χ4n) is 1.37. The van der Waals surface area contributed by atoms with Crippen molar-refractivity contribution in [2.75, 3.05) is 0 Å². The van der Waals surface area contributed by atoms with Gasteiger partial charge in [0.15, 0.2) is 6.29 Å². The first-order chi connectivity index (χ1) is 8.29. The molecule has 0 unspecified atom stereocenters. The lowest BCUT2D eigenvalue weighted by Crippen LogP contribution is -1.99. The van der Waals surface area contributed by atoms with E-state index in [1.165, 1.54) is 0 Å². The molecule has 0 aliphatic carbocycles. The number of aromatic nitrogens is 1. The van der Waals surface area contributed by atoms with Crippen LogP contribution in [0, 0.1) is 0 Å². The second-order valence-corrected chi connectivity index (χ2v) is 4.34. The summed E-state index contributed by atoms with van der Waals surface area (Å²) in [6.45, 7) is 0.416. The zero-order valence-electron chi connectivity index (χ0n) is 8.97. The van der Waals surface area contributed by atoms with Crippen LogP contribution in [0.3, 0.4) is 0 Å². The first kappa shape index (κ1) is 11.8. The van der Waals surface area contributed by atoms with Crippen molar-refractivity contribution in [2.45, 2.75) is 6.61 Å². The van der Waals surface area contributed by atoms with Gasteiger partial charge in [0.05, 0.1) is 0 Å². The number of pyridine rings is 1. The number of nitrogens with zero attached hydrogens (tertiary/aromatic N) is 1. The molecule has 0 saturated carbocycles. The molecule has 4 heteroatoms. The largest absolute Gasteiger partial charge is 0.486 e. The topological polar surface area (TPSA) is 39.2 Å². The molecule has 0 aliphatic rings. The van der Waals surface area contributed by atoms with Gasteiger partial charge >= 0.3 is 0 Å². The molecule has 0 saturated heterocycles. The average molecular weight is 292 g/mol. The molecular weight excluding hydrogens is 282 g/mol. The first-order valence-corrected chi connectivity index (χ1v) is 5.86. The number of halogens is 1. The summed E-state index contributed by atoms with van der Waals surface area (Å²) in [5.41, 5.74) is 1.36. The molecule has 86 valence electrons. The summed E-state index contributed by atoms with van der Waals surface area (Å²) in [5.74, 6) is 0.484. The molecule has 2 aromatic rings. The maximum atomic E-state index is 10.8. The van der Waals surface area contributed by atoms with E-state index in [2.05, 4.69) is 20.9 Å². The fourth-order valence-corrected chi connectivity index (χ4v) is 1.68. The number of aldehydes is 1. The molecule has 0 spiro atoms. The van der Waals surface area contributed by atoms with Gasteiger partial charge in [-0.25, -0.2) is 4.98 Å². The van der Waals surface area contributed by atoms with Gasteiger partial charge in [0.2, 0.25) is 0 Å². The average Bonchev–Trinajstić information content (AvgIpc) is 2.38. The molecule has 0 fully saturated rings. The van der Waals surface area contributed by atoms with Crippen molar-refractivity contribution >= 4 is 22.2 Å². The predicted molar refractivity (Wildman–Crippen MR) is 68.1 cm³/mol. The van der Waals surface area contributed by atoms with E-state index >= 15 is 0 Å². The zero-order chi connectivity index (χ0) is 12.1. The van der Waals surface area contributed by atoms with Crippen LogP contribution in [0.1, 0.15) is 16.1 Å². The van der Waals surface area contributed by atoms with Crippen molar-refractivity contribution in [3.63, 3.8) is 0 Å². The lowest BCUT2D eigenvalue weighted by molar-refractivity contribution is 0.111. The Balaban J connectivity index is 2.13. The SMILES string of the molecule is O=Cc1ncc(Br)cc1OCc1ccccc1. The Kier molecular flexibility index (Phi) is 3.88. The number of hydrogen-bond acceptors (Lipinski definition) is 3. The number of carbonyl (C=O) groups excluding carboxylic acids is 1. The highest BCUT2D eigenvalue weighted by atomic mass is 79.9. The lowest BCUT2D eigenvalue weighted by atomic mass is 10.2. The molecule has 0 bridgehead atoms. The Morgan fingerprint density at radius 3 is 2.76 bits per heavy atom. The van der Waals surface area contributed by atoms with Crippen molar-refractivity contribution in [3.8, 4) is 5.75 Å². The van der Waals surface area contributed by atoms with E-state index in [4.69, 9.17) is 4.74 Å². The normalized spacial score (nSPS) is 9.94. The molecule has 17 heavy (non-hydrogen) atoms. The first-order valence-electron chi connectivity index (χ1n) is 5.07. The van der Waals surface area contributed by atoms with Crippen LogP contribution in [0.4, 0.5) is 0 Å². The van der Waals surface area contributed by atoms with Gasteiger partial charge in [0.1, 0.15) is 18.1 Å². The third-order valence-corrected chi connectivity index (χ3v) is 2.63. The molecule has 0 N–H and O–H groups in total. The Labute approximate surface area is 108 Å². The van der Waals surface area contributed by atoms with E-state index in [0.29, 0.717) is 24.3 Å². The van der Waals surface area contributed by atoms with Crippen molar-refractivity contribution in [1.82, 2.24) is 4.98 Å². The van der Waals surface area contributed by atoms with Gasteiger partial charge in [-0.1, -0.05) is 30.3 Å². The zero-order valence-corrected chi connectivity index (χ0v) is 10.6. The predicted octanol–water partition coefficient (Wildman–Crippen LogP) is 3.24. The number of hydrogen-bond donors (Lipinski definition) is 0. The summed E-state index contributed by atoms with van der Waals surface area (Å²) in [4.78, 5) is 14.8. The van der Waals surface area contributed by atoms with Crippen LogP contribution in [-0.2, 0) is 6.61 Å². The maximum absolute atomic E-state index is 10.8. The highest BCUT2D eigenvalue weighted by molar-refractivity contribution is 9.10. The van der Waals surface area contributed by atoms with Crippen molar-refractivity contribution in [3.05, 3.63) is 58.3 Å². The summed E-state index contributed by atoms with van der Waals surface area (Å²) in [6, 6.07) is 11.5. The standard InChI is InChI=1S/C13H10BrNO2/c14-11-6-13(12(8-16)15-7-11)17-9-10-4-2-1-3-5-10/h1-8H,9H2. The van der Waals surface area contributed by atoms with Crippen LogP contribution in [0.15, 0.2) is 47.1 Å². The monoisotopic (exact) mass is 291 g/mol. The molecular formula is C13H10BrNO2. The Morgan fingerprint density at radius 1 is 1.29 bits per heavy atom. The molecule has 1 aromatic heterocycles. The number of rotatable bonds is 4. The number of benzene rings is 1. The lowest BCUT2D eigenvalue weighted by Gasteiger charge is -2.08. The van der Waals surface area contributed by atoms with Gasteiger partial charge in [-0.15, -0.1) is 0 Å². The van der Waals surface area contributed by atoms with E-state index in [-0.39, 0.29) is 0 Å². The van der Waals surface area contributed by atoms with Crippen LogP contribution in [0.25, 0.3) is 0 Å². The van der Waals surface area contributed by atoms with Gasteiger partial charge in [0, 0.05) is 10.7 Å². The second-order valence-electron chi connectivity index (χ2n) is 3.43. The van der Waals surface area contributed by atoms with E-state index in [0.717, 1.165) is 10.0 Å². The van der Waals surface area contributed by atoms with Crippen LogP contribution >= 0.6 is 15.9 Å². The van der Waals surface area contributed by atoms with E-state index in [1.54, 1.807) is 12.3 Å². The van der Waals surface area contributed by atoms with Gasteiger partial charge in [-0.2, -0.15) is 0 Å². The van der Waals surface area contributed by atoms with Crippen molar-refractivity contribution < 1.29 is 9.53 Å². The van der Waals surface area contributed by atoms with Gasteiger partial charge < -0.3 is 4.74 Å². The molecule has 2 rings (SSSR count). The summed E-state index contributed by atoms with van der Waals surface area (Å²) >= 11 is 3.29. The summed E-state index contributed by atoms with van der Waals surface area (Å²) in [5, 5.41) is 0. The van der Waals surface area contributed by atoms with Gasteiger partial charge in [-0.3, -0.25) is 4.79 Å². The van der Waals surface area contributed by atoms with Crippen molar-refractivity contribution in [2.24, 2.45) is 0 Å². The van der Waals surface area contributed by atoms with Crippen LogP contribution in [0.5, 0.6) is 5.75 Å². The number of ether oxygens (including phenoxy) is 1. The molecule has 1 heterocycles. The molecule has 0 atom stereocenters. The van der Waals surface area contributed by atoms with Crippen LogP contribution in [-0.4, -0.2) is 11.3 Å². The van der Waals surface area contributed by atoms with Crippen LogP contribution < -0.4 is 4.74 Å². The minimum absolute atomic E-state index is 0.309. The second kappa shape index (κ2) is 5.59. The molecule has 3 nitrogen and oxygen atoms in total. The third kappa shape index (κ3) is 3.14. The summed E-state index contributed by atoms with van der Waals surface area (Å²) in [6.07, 6.45) is 2.26. The van der Waals surface area contributed by atoms with E-state index < -0.39 is 0 Å². The Morgan fingerprint density at radius 2 is 2.06 bits per heavy atom. The Hall–Kier alpha value is -1.68. The van der Waals surface area contributed by atoms with Crippen molar-refractivity contribution in [1.29, 1.82) is 0 Å². The minimum Gasteiger partial charge on any atom is -0.486 e. The summed E-state index contributed by atoms with van der Waals surface area (Å²) in [7, 11) is 0. The number of carbonyl (C=O) groups is 1. The fraction of sp³-hybridized carbons (Fsp3) is 0.0769. The molecule has 0 amide bonds. The maximum Gasteiger partial charge on any atom is 0.172 e. The highest BCUT2D eigenvalue weighted by Gasteiger charge is 2.05. The van der Waals surface area contributed by atoms with E-state index in [1.807, 2.05) is 30.3 Å². The van der Waals surface area contributed by atoms with Gasteiger partial charge in [0.25, 0.3) is 0 Å². The Bertz CT molecular complexity index is 514. The third-order valence-electron chi connectivity index (χ3n) is 2.20. The summed E-state index contributed by atoms with van der Waals surface area (Å²) < 4.78 is 6.35. The minimum atomic E-state index is 0.309. The molecule has 0 aliphatic heterocycles. The molecule has 0 radical (unpaired) electrons. The quantitative estimate of drug-likeness (QED) is 0.812. The highest BCUT2D eigenvalue weighted by Crippen LogP contribution is 2.21. The smallest absolute Gasteiger partial charge is 0.172 e. The van der Waals surface area contributed by atoms with Gasteiger partial charge in [-0.05, 0) is 27.6 Å². The van der Waals surface area contributed by atoms with Crippen LogP contribution in [0.2, 0.25) is 0 Å².